The minimum absolute atomic E-state index is 0.339. The average Bonchev–Trinajstić information content (AvgIpc) is 2.59. The normalized spacial score (nSPS) is 28.5. The van der Waals surface area contributed by atoms with E-state index in [4.69, 9.17) is 11.6 Å². The van der Waals surface area contributed by atoms with E-state index in [0.29, 0.717) is 24.3 Å². The Balaban J connectivity index is 2.26. The Bertz CT molecular complexity index is 541. The molecule has 0 heterocycles. The van der Waals surface area contributed by atoms with Crippen molar-refractivity contribution in [1.82, 2.24) is 0 Å². The third-order valence-corrected chi connectivity index (χ3v) is 5.53. The average molecular weight is 289 g/mol. The molecule has 0 amide bonds. The van der Waals surface area contributed by atoms with Gasteiger partial charge in [-0.1, -0.05) is 23.7 Å². The Hall–Kier alpha value is -0.580. The van der Waals surface area contributed by atoms with E-state index in [-0.39, 0.29) is 0 Å². The minimum Gasteiger partial charge on any atom is -0.388 e. The zero-order chi connectivity index (χ0) is 13.4. The second-order valence-electron chi connectivity index (χ2n) is 5.12. The number of aliphatic hydroxyl groups is 1. The van der Waals surface area contributed by atoms with Crippen LogP contribution in [-0.4, -0.2) is 30.6 Å². The van der Waals surface area contributed by atoms with Crippen molar-refractivity contribution >= 4 is 21.4 Å². The summed E-state index contributed by atoms with van der Waals surface area (Å²) in [6, 6.07) is 7.21. The van der Waals surface area contributed by atoms with Crippen LogP contribution in [0.15, 0.2) is 24.3 Å². The van der Waals surface area contributed by atoms with Gasteiger partial charge >= 0.3 is 0 Å². The van der Waals surface area contributed by atoms with Crippen LogP contribution in [0.2, 0.25) is 5.02 Å². The molecule has 2 unspecified atom stereocenters. The summed E-state index contributed by atoms with van der Waals surface area (Å²) >= 11 is 5.90. The number of hydrogen-bond donors (Lipinski definition) is 1. The zero-order valence-electron chi connectivity index (χ0n) is 10.3. The fourth-order valence-electron chi connectivity index (χ4n) is 2.84. The molecule has 18 heavy (non-hydrogen) atoms. The zero-order valence-corrected chi connectivity index (χ0v) is 11.8. The highest BCUT2D eigenvalue weighted by Crippen LogP contribution is 2.37. The van der Waals surface area contributed by atoms with Gasteiger partial charge in [-0.15, -0.1) is 0 Å². The van der Waals surface area contributed by atoms with E-state index in [2.05, 4.69) is 0 Å². The Morgan fingerprint density at radius 2 is 2.22 bits per heavy atom. The molecule has 2 atom stereocenters. The quantitative estimate of drug-likeness (QED) is 0.928. The maximum Gasteiger partial charge on any atom is 0.153 e. The van der Waals surface area contributed by atoms with Crippen molar-refractivity contribution in [3.05, 3.63) is 34.9 Å². The van der Waals surface area contributed by atoms with E-state index in [9.17, 15) is 13.5 Å². The summed E-state index contributed by atoms with van der Waals surface area (Å²) in [6.07, 6.45) is 3.35. The summed E-state index contributed by atoms with van der Waals surface area (Å²) in [5, 5.41) is 10.5. The molecular formula is C13H17ClO3S. The van der Waals surface area contributed by atoms with Gasteiger partial charge in [0.15, 0.2) is 9.84 Å². The van der Waals surface area contributed by atoms with Crippen LogP contribution in [0.4, 0.5) is 0 Å². The largest absolute Gasteiger partial charge is 0.388 e. The van der Waals surface area contributed by atoms with Crippen LogP contribution in [0.3, 0.4) is 0 Å². The van der Waals surface area contributed by atoms with Crippen molar-refractivity contribution in [1.29, 1.82) is 0 Å². The van der Waals surface area contributed by atoms with E-state index >= 15 is 0 Å². The monoisotopic (exact) mass is 288 g/mol. The Morgan fingerprint density at radius 1 is 1.50 bits per heavy atom. The first-order chi connectivity index (χ1) is 8.31. The molecule has 3 nitrogen and oxygen atoms in total. The lowest BCUT2D eigenvalue weighted by atomic mass is 9.93. The van der Waals surface area contributed by atoms with Crippen LogP contribution in [0, 0.1) is 0 Å². The first-order valence-corrected chi connectivity index (χ1v) is 8.30. The number of sulfone groups is 1. The van der Waals surface area contributed by atoms with Crippen molar-refractivity contribution in [2.24, 2.45) is 0 Å². The fraction of sp³-hybridized carbons (Fsp3) is 0.538. The van der Waals surface area contributed by atoms with Gasteiger partial charge in [0.25, 0.3) is 0 Å². The summed E-state index contributed by atoms with van der Waals surface area (Å²) in [7, 11) is -3.22. The molecule has 0 saturated heterocycles. The number of hydrogen-bond acceptors (Lipinski definition) is 3. The van der Waals surface area contributed by atoms with Gasteiger partial charge in [0.1, 0.15) is 0 Å². The van der Waals surface area contributed by atoms with E-state index in [1.54, 1.807) is 12.1 Å². The van der Waals surface area contributed by atoms with Crippen LogP contribution in [0.5, 0.6) is 0 Å². The van der Waals surface area contributed by atoms with Crippen molar-refractivity contribution < 1.29 is 13.5 Å². The van der Waals surface area contributed by atoms with Crippen LogP contribution in [0.1, 0.15) is 24.8 Å². The molecule has 1 aromatic rings. The van der Waals surface area contributed by atoms with E-state index < -0.39 is 20.7 Å². The van der Waals surface area contributed by atoms with E-state index in [0.717, 1.165) is 12.0 Å². The molecule has 1 fully saturated rings. The van der Waals surface area contributed by atoms with Gasteiger partial charge in [-0.25, -0.2) is 8.42 Å². The van der Waals surface area contributed by atoms with Gasteiger partial charge in [-0.3, -0.25) is 0 Å². The molecule has 5 heteroatoms. The van der Waals surface area contributed by atoms with Crippen LogP contribution < -0.4 is 0 Å². The summed E-state index contributed by atoms with van der Waals surface area (Å²) < 4.78 is 23.4. The van der Waals surface area contributed by atoms with Gasteiger partial charge in [-0.05, 0) is 37.0 Å². The molecule has 100 valence electrons. The molecule has 0 spiro atoms. The number of benzene rings is 1. The molecule has 0 radical (unpaired) electrons. The lowest BCUT2D eigenvalue weighted by Crippen LogP contribution is -2.44. The highest BCUT2D eigenvalue weighted by atomic mass is 35.5. The summed E-state index contributed by atoms with van der Waals surface area (Å²) in [4.78, 5) is 0. The molecule has 0 aromatic heterocycles. The predicted molar refractivity (Wildman–Crippen MR) is 72.6 cm³/mol. The van der Waals surface area contributed by atoms with E-state index in [1.165, 1.54) is 6.26 Å². The first-order valence-electron chi connectivity index (χ1n) is 5.97. The van der Waals surface area contributed by atoms with Crippen LogP contribution in [-0.2, 0) is 16.3 Å². The van der Waals surface area contributed by atoms with Gasteiger partial charge < -0.3 is 5.11 Å². The first kappa shape index (κ1) is 13.8. The molecule has 1 aromatic carbocycles. The van der Waals surface area contributed by atoms with Gasteiger partial charge in [0, 0.05) is 17.7 Å². The van der Waals surface area contributed by atoms with Crippen LogP contribution >= 0.6 is 11.6 Å². The minimum atomic E-state index is -3.22. The highest BCUT2D eigenvalue weighted by Gasteiger charge is 2.46. The lowest BCUT2D eigenvalue weighted by molar-refractivity contribution is 0.0513. The lowest BCUT2D eigenvalue weighted by Gasteiger charge is -2.29. The smallest absolute Gasteiger partial charge is 0.153 e. The molecule has 1 saturated carbocycles. The van der Waals surface area contributed by atoms with Crippen molar-refractivity contribution in [2.75, 3.05) is 6.26 Å². The Labute approximate surface area is 113 Å². The van der Waals surface area contributed by atoms with Gasteiger partial charge in [0.2, 0.25) is 0 Å². The van der Waals surface area contributed by atoms with Crippen molar-refractivity contribution in [2.45, 2.75) is 36.5 Å². The molecule has 0 bridgehead atoms. The summed E-state index contributed by atoms with van der Waals surface area (Å²) in [5.74, 6) is 0. The maximum atomic E-state index is 11.7. The topological polar surface area (TPSA) is 54.4 Å². The summed E-state index contributed by atoms with van der Waals surface area (Å²) in [6.45, 7) is 0. The molecule has 0 aliphatic heterocycles. The number of halogens is 1. The molecular weight excluding hydrogens is 272 g/mol. The van der Waals surface area contributed by atoms with Crippen molar-refractivity contribution in [3.8, 4) is 0 Å². The molecule has 2 rings (SSSR count). The molecule has 1 N–H and O–H groups in total. The van der Waals surface area contributed by atoms with Crippen molar-refractivity contribution in [3.63, 3.8) is 0 Å². The second kappa shape index (κ2) is 4.83. The standard InChI is InChI=1S/C13H17ClO3S/c1-18(16,17)12-6-3-7-13(12,15)9-10-4-2-5-11(14)8-10/h2,4-5,8,12,15H,3,6-7,9H2,1H3. The fourth-order valence-corrected chi connectivity index (χ4v) is 4.64. The second-order valence-corrected chi connectivity index (χ2v) is 7.79. The number of rotatable bonds is 3. The van der Waals surface area contributed by atoms with Gasteiger partial charge in [-0.2, -0.15) is 0 Å². The SMILES string of the molecule is CS(=O)(=O)C1CCCC1(O)Cc1cccc(Cl)c1. The third kappa shape index (κ3) is 2.87. The van der Waals surface area contributed by atoms with Crippen LogP contribution in [0.25, 0.3) is 0 Å². The molecule has 1 aliphatic rings. The predicted octanol–water partition coefficient (Wildman–Crippen LogP) is 2.21. The highest BCUT2D eigenvalue weighted by molar-refractivity contribution is 7.91. The third-order valence-electron chi connectivity index (χ3n) is 3.59. The summed E-state index contributed by atoms with van der Waals surface area (Å²) in [5.41, 5.74) is -0.279. The Morgan fingerprint density at radius 3 is 2.83 bits per heavy atom. The van der Waals surface area contributed by atoms with E-state index in [1.807, 2.05) is 12.1 Å². The maximum absolute atomic E-state index is 11.7. The Kier molecular flexibility index (Phi) is 3.72. The van der Waals surface area contributed by atoms with Gasteiger partial charge in [0.05, 0.1) is 10.9 Å². The molecule has 1 aliphatic carbocycles.